The third-order valence-electron chi connectivity index (χ3n) is 3.48. The van der Waals surface area contributed by atoms with E-state index in [9.17, 15) is 0 Å². The summed E-state index contributed by atoms with van der Waals surface area (Å²) in [6, 6.07) is 0. The topological polar surface area (TPSA) is 64.9 Å². The minimum atomic E-state index is -0.437. The van der Waals surface area contributed by atoms with Crippen LogP contribution in [0.1, 0.15) is 71.0 Å². The fraction of sp³-hybridized carbons (Fsp3) is 0.833. The zero-order chi connectivity index (χ0) is 12.2. The highest BCUT2D eigenvalue weighted by molar-refractivity contribution is 5.04. The Labute approximate surface area is 97.6 Å². The molecule has 1 aromatic rings. The van der Waals surface area contributed by atoms with Crippen LogP contribution >= 0.6 is 0 Å². The molecule has 0 radical (unpaired) electrons. The maximum Gasteiger partial charge on any atom is 0.229 e. The smallest absolute Gasteiger partial charge is 0.229 e. The second-order valence-electron chi connectivity index (χ2n) is 4.33. The van der Waals surface area contributed by atoms with E-state index < -0.39 is 5.54 Å². The van der Waals surface area contributed by atoms with Crippen LogP contribution in [0, 0.1) is 0 Å². The fourth-order valence-corrected chi connectivity index (χ4v) is 1.81. The Bertz CT molecular complexity index is 314. The molecule has 2 N–H and O–H groups in total. The minimum absolute atomic E-state index is 0.360. The predicted molar refractivity (Wildman–Crippen MR) is 64.1 cm³/mol. The molecule has 1 aromatic heterocycles. The Hall–Kier alpha value is -0.900. The van der Waals surface area contributed by atoms with Gasteiger partial charge in [-0.2, -0.15) is 4.98 Å². The van der Waals surface area contributed by atoms with Gasteiger partial charge < -0.3 is 10.3 Å². The summed E-state index contributed by atoms with van der Waals surface area (Å²) in [7, 11) is 0. The van der Waals surface area contributed by atoms with E-state index >= 15 is 0 Å². The van der Waals surface area contributed by atoms with E-state index in [1.807, 2.05) is 0 Å². The lowest BCUT2D eigenvalue weighted by molar-refractivity contribution is 0.321. The van der Waals surface area contributed by atoms with Gasteiger partial charge in [-0.05, 0) is 25.7 Å². The van der Waals surface area contributed by atoms with Crippen molar-refractivity contribution in [2.24, 2.45) is 5.73 Å². The summed E-state index contributed by atoms with van der Waals surface area (Å²) < 4.78 is 5.32. The van der Waals surface area contributed by atoms with Crippen molar-refractivity contribution in [2.75, 3.05) is 0 Å². The lowest BCUT2D eigenvalue weighted by Crippen LogP contribution is -2.36. The highest BCUT2D eigenvalue weighted by Crippen LogP contribution is 2.26. The average molecular weight is 225 g/mol. The number of aromatic nitrogens is 2. The summed E-state index contributed by atoms with van der Waals surface area (Å²) in [6.45, 7) is 8.37. The second kappa shape index (κ2) is 5.43. The van der Waals surface area contributed by atoms with Crippen molar-refractivity contribution in [1.82, 2.24) is 10.1 Å². The van der Waals surface area contributed by atoms with Gasteiger partial charge in [0, 0.05) is 5.92 Å². The van der Waals surface area contributed by atoms with Gasteiger partial charge in [0.25, 0.3) is 0 Å². The first-order chi connectivity index (χ1) is 7.61. The minimum Gasteiger partial charge on any atom is -0.339 e. The van der Waals surface area contributed by atoms with Crippen LogP contribution in [-0.2, 0) is 5.54 Å². The van der Waals surface area contributed by atoms with Crippen LogP contribution in [0.2, 0.25) is 0 Å². The Morgan fingerprint density at radius 2 is 1.75 bits per heavy atom. The molecule has 0 unspecified atom stereocenters. The Balaban J connectivity index is 2.93. The maximum atomic E-state index is 6.23. The summed E-state index contributed by atoms with van der Waals surface area (Å²) >= 11 is 0. The molecule has 0 amide bonds. The van der Waals surface area contributed by atoms with Gasteiger partial charge in [0.05, 0.1) is 5.54 Å². The first kappa shape index (κ1) is 13.2. The van der Waals surface area contributed by atoms with Crippen LogP contribution in [0.15, 0.2) is 4.52 Å². The Kier molecular flexibility index (Phi) is 4.47. The van der Waals surface area contributed by atoms with Crippen molar-refractivity contribution < 1.29 is 4.52 Å². The van der Waals surface area contributed by atoms with Crippen molar-refractivity contribution in [3.05, 3.63) is 11.7 Å². The molecular formula is C12H23N3O. The molecule has 0 fully saturated rings. The fourth-order valence-electron chi connectivity index (χ4n) is 1.81. The zero-order valence-corrected chi connectivity index (χ0v) is 10.8. The molecule has 4 nitrogen and oxygen atoms in total. The van der Waals surface area contributed by atoms with E-state index in [1.165, 1.54) is 0 Å². The average Bonchev–Trinajstić information content (AvgIpc) is 2.80. The van der Waals surface area contributed by atoms with E-state index in [2.05, 4.69) is 37.8 Å². The molecule has 0 aliphatic rings. The molecule has 0 saturated heterocycles. The van der Waals surface area contributed by atoms with Gasteiger partial charge in [0.1, 0.15) is 0 Å². The van der Waals surface area contributed by atoms with E-state index in [1.54, 1.807) is 0 Å². The number of rotatable bonds is 6. The van der Waals surface area contributed by atoms with E-state index in [0.717, 1.165) is 31.6 Å². The standard InChI is InChI=1S/C12H23N3O/c1-5-9(6-2)10-14-11(15-16-10)12(13,7-3)8-4/h9H,5-8,13H2,1-4H3. The quantitative estimate of drug-likeness (QED) is 0.808. The van der Waals surface area contributed by atoms with Crippen LogP contribution < -0.4 is 5.73 Å². The SMILES string of the molecule is CCC(CC)c1nc(C(N)(CC)CC)no1. The van der Waals surface area contributed by atoms with Crippen LogP contribution in [0.25, 0.3) is 0 Å². The molecule has 16 heavy (non-hydrogen) atoms. The van der Waals surface area contributed by atoms with Gasteiger partial charge in [-0.15, -0.1) is 0 Å². The van der Waals surface area contributed by atoms with Crippen LogP contribution in [0.5, 0.6) is 0 Å². The Morgan fingerprint density at radius 1 is 1.19 bits per heavy atom. The molecule has 0 atom stereocenters. The third kappa shape index (κ3) is 2.43. The summed E-state index contributed by atoms with van der Waals surface area (Å²) in [5.74, 6) is 1.75. The largest absolute Gasteiger partial charge is 0.339 e. The zero-order valence-electron chi connectivity index (χ0n) is 10.8. The van der Waals surface area contributed by atoms with Gasteiger partial charge in [-0.3, -0.25) is 0 Å². The second-order valence-corrected chi connectivity index (χ2v) is 4.33. The van der Waals surface area contributed by atoms with Crippen molar-refractivity contribution in [1.29, 1.82) is 0 Å². The number of nitrogens with zero attached hydrogens (tertiary/aromatic N) is 2. The lowest BCUT2D eigenvalue weighted by atomic mass is 9.93. The highest BCUT2D eigenvalue weighted by atomic mass is 16.5. The van der Waals surface area contributed by atoms with E-state index in [-0.39, 0.29) is 0 Å². The maximum absolute atomic E-state index is 6.23. The third-order valence-corrected chi connectivity index (χ3v) is 3.48. The number of nitrogens with two attached hydrogens (primary N) is 1. The van der Waals surface area contributed by atoms with Gasteiger partial charge in [-0.1, -0.05) is 32.9 Å². The molecule has 1 rings (SSSR count). The van der Waals surface area contributed by atoms with Crippen LogP contribution in [0.3, 0.4) is 0 Å². The first-order valence-corrected chi connectivity index (χ1v) is 6.24. The molecule has 1 heterocycles. The molecule has 92 valence electrons. The monoisotopic (exact) mass is 225 g/mol. The van der Waals surface area contributed by atoms with Crippen molar-refractivity contribution in [2.45, 2.75) is 64.8 Å². The molecule has 0 spiro atoms. The lowest BCUT2D eigenvalue weighted by Gasteiger charge is -2.21. The molecule has 0 saturated carbocycles. The molecular weight excluding hydrogens is 202 g/mol. The van der Waals surface area contributed by atoms with Crippen molar-refractivity contribution in [3.63, 3.8) is 0 Å². The van der Waals surface area contributed by atoms with Gasteiger partial charge in [0.15, 0.2) is 5.82 Å². The Morgan fingerprint density at radius 3 is 2.19 bits per heavy atom. The molecule has 0 bridgehead atoms. The summed E-state index contributed by atoms with van der Waals surface area (Å²) in [5, 5.41) is 4.04. The summed E-state index contributed by atoms with van der Waals surface area (Å²) in [4.78, 5) is 4.46. The van der Waals surface area contributed by atoms with Gasteiger partial charge in [0.2, 0.25) is 5.89 Å². The molecule has 0 aliphatic carbocycles. The molecule has 4 heteroatoms. The van der Waals surface area contributed by atoms with Crippen LogP contribution in [0.4, 0.5) is 0 Å². The molecule has 0 aromatic carbocycles. The normalized spacial score (nSPS) is 12.4. The van der Waals surface area contributed by atoms with Crippen LogP contribution in [-0.4, -0.2) is 10.1 Å². The van der Waals surface area contributed by atoms with E-state index in [4.69, 9.17) is 10.3 Å². The van der Waals surface area contributed by atoms with Crippen molar-refractivity contribution >= 4 is 0 Å². The number of hydrogen-bond acceptors (Lipinski definition) is 4. The van der Waals surface area contributed by atoms with E-state index in [0.29, 0.717) is 11.7 Å². The summed E-state index contributed by atoms with van der Waals surface area (Å²) in [5.41, 5.74) is 5.79. The first-order valence-electron chi connectivity index (χ1n) is 6.24. The predicted octanol–water partition coefficient (Wildman–Crippen LogP) is 2.95. The van der Waals surface area contributed by atoms with Crippen molar-refractivity contribution in [3.8, 4) is 0 Å². The van der Waals surface area contributed by atoms with Gasteiger partial charge >= 0.3 is 0 Å². The van der Waals surface area contributed by atoms with Gasteiger partial charge in [-0.25, -0.2) is 0 Å². The summed E-state index contributed by atoms with van der Waals surface area (Å²) in [6.07, 6.45) is 3.69. The molecule has 0 aliphatic heterocycles. The number of hydrogen-bond donors (Lipinski definition) is 1. The highest BCUT2D eigenvalue weighted by Gasteiger charge is 2.29.